The van der Waals surface area contributed by atoms with Crippen molar-refractivity contribution >= 4 is 11.7 Å². The molecule has 1 amide bonds. The summed E-state index contributed by atoms with van der Waals surface area (Å²) in [5, 5.41) is 7.10. The number of pyridine rings is 1. The van der Waals surface area contributed by atoms with E-state index in [0.717, 1.165) is 16.9 Å². The summed E-state index contributed by atoms with van der Waals surface area (Å²) in [5.41, 5.74) is 3.29. The van der Waals surface area contributed by atoms with E-state index in [1.165, 1.54) is 0 Å². The second kappa shape index (κ2) is 5.81. The molecule has 0 atom stereocenters. The highest BCUT2D eigenvalue weighted by Crippen LogP contribution is 2.15. The van der Waals surface area contributed by atoms with Gasteiger partial charge in [0.25, 0.3) is 5.91 Å². The van der Waals surface area contributed by atoms with E-state index in [2.05, 4.69) is 15.4 Å². The van der Waals surface area contributed by atoms with Gasteiger partial charge in [0.1, 0.15) is 5.82 Å². The predicted molar refractivity (Wildman–Crippen MR) is 85.2 cm³/mol. The number of hydrogen-bond donors (Lipinski definition) is 1. The maximum absolute atomic E-state index is 12.4. The number of nitrogens with one attached hydrogen (secondary N) is 1. The van der Waals surface area contributed by atoms with Crippen LogP contribution in [0.2, 0.25) is 0 Å². The SMILES string of the molecule is Cc1ccnc(NC(=O)c2cnn(-c3ccccc3)c2C)c1. The molecular formula is C17H16N4O. The number of benzene rings is 1. The Morgan fingerprint density at radius 1 is 1.14 bits per heavy atom. The van der Waals surface area contributed by atoms with Crippen LogP contribution in [0.4, 0.5) is 5.82 Å². The Morgan fingerprint density at radius 3 is 2.64 bits per heavy atom. The van der Waals surface area contributed by atoms with Crippen LogP contribution in [0, 0.1) is 13.8 Å². The highest BCUT2D eigenvalue weighted by Gasteiger charge is 2.15. The van der Waals surface area contributed by atoms with Gasteiger partial charge in [0.05, 0.1) is 23.1 Å². The number of carbonyl (C=O) groups excluding carboxylic acids is 1. The zero-order chi connectivity index (χ0) is 15.5. The third kappa shape index (κ3) is 2.74. The zero-order valence-corrected chi connectivity index (χ0v) is 12.4. The minimum absolute atomic E-state index is 0.210. The standard InChI is InChI=1S/C17H16N4O/c1-12-8-9-18-16(10-12)20-17(22)15-11-19-21(13(15)2)14-6-4-3-5-7-14/h3-11H,1-2H3,(H,18,20,22). The van der Waals surface area contributed by atoms with Crippen LogP contribution >= 0.6 is 0 Å². The molecule has 0 aliphatic carbocycles. The first kappa shape index (κ1) is 14.0. The van der Waals surface area contributed by atoms with Crippen LogP contribution in [-0.4, -0.2) is 20.7 Å². The van der Waals surface area contributed by atoms with Crippen molar-refractivity contribution in [3.8, 4) is 5.69 Å². The molecule has 22 heavy (non-hydrogen) atoms. The van der Waals surface area contributed by atoms with Crippen LogP contribution < -0.4 is 5.32 Å². The van der Waals surface area contributed by atoms with Gasteiger partial charge < -0.3 is 5.32 Å². The molecule has 0 aliphatic rings. The molecule has 2 heterocycles. The largest absolute Gasteiger partial charge is 0.306 e. The molecule has 0 spiro atoms. The molecule has 0 aliphatic heterocycles. The van der Waals surface area contributed by atoms with Gasteiger partial charge in [-0.05, 0) is 43.7 Å². The van der Waals surface area contributed by atoms with E-state index >= 15 is 0 Å². The van der Waals surface area contributed by atoms with E-state index in [1.807, 2.05) is 56.3 Å². The summed E-state index contributed by atoms with van der Waals surface area (Å²) in [5.74, 6) is 0.328. The van der Waals surface area contributed by atoms with Crippen LogP contribution in [0.25, 0.3) is 5.69 Å². The summed E-state index contributed by atoms with van der Waals surface area (Å²) in [6.07, 6.45) is 3.25. The fraction of sp³-hybridized carbons (Fsp3) is 0.118. The third-order valence-corrected chi connectivity index (χ3v) is 3.41. The lowest BCUT2D eigenvalue weighted by molar-refractivity contribution is 0.102. The van der Waals surface area contributed by atoms with Crippen molar-refractivity contribution in [2.24, 2.45) is 0 Å². The zero-order valence-electron chi connectivity index (χ0n) is 12.4. The third-order valence-electron chi connectivity index (χ3n) is 3.41. The number of aryl methyl sites for hydroxylation is 1. The van der Waals surface area contributed by atoms with Crippen molar-refractivity contribution in [1.29, 1.82) is 0 Å². The molecule has 0 saturated carbocycles. The second-order valence-electron chi connectivity index (χ2n) is 5.06. The van der Waals surface area contributed by atoms with E-state index in [9.17, 15) is 4.79 Å². The van der Waals surface area contributed by atoms with Crippen molar-refractivity contribution < 1.29 is 4.79 Å². The predicted octanol–water partition coefficient (Wildman–Crippen LogP) is 3.14. The van der Waals surface area contributed by atoms with E-state index in [0.29, 0.717) is 11.4 Å². The molecule has 0 saturated heterocycles. The Morgan fingerprint density at radius 2 is 1.91 bits per heavy atom. The van der Waals surface area contributed by atoms with Crippen molar-refractivity contribution in [1.82, 2.24) is 14.8 Å². The van der Waals surface area contributed by atoms with E-state index < -0.39 is 0 Å². The number of rotatable bonds is 3. The quantitative estimate of drug-likeness (QED) is 0.806. The lowest BCUT2D eigenvalue weighted by Gasteiger charge is -2.06. The highest BCUT2D eigenvalue weighted by atomic mass is 16.1. The van der Waals surface area contributed by atoms with Crippen molar-refractivity contribution in [3.63, 3.8) is 0 Å². The second-order valence-corrected chi connectivity index (χ2v) is 5.06. The van der Waals surface area contributed by atoms with Crippen molar-refractivity contribution in [2.75, 3.05) is 5.32 Å². The molecule has 3 rings (SSSR count). The molecular weight excluding hydrogens is 276 g/mol. The van der Waals surface area contributed by atoms with Gasteiger partial charge in [0, 0.05) is 6.20 Å². The van der Waals surface area contributed by atoms with Gasteiger partial charge in [-0.1, -0.05) is 18.2 Å². The van der Waals surface area contributed by atoms with Gasteiger partial charge >= 0.3 is 0 Å². The summed E-state index contributed by atoms with van der Waals surface area (Å²) in [7, 11) is 0. The first-order valence-corrected chi connectivity index (χ1v) is 6.99. The summed E-state index contributed by atoms with van der Waals surface area (Å²) >= 11 is 0. The van der Waals surface area contributed by atoms with Gasteiger partial charge in [-0.25, -0.2) is 9.67 Å². The molecule has 1 aromatic carbocycles. The molecule has 0 unspecified atom stereocenters. The molecule has 1 N–H and O–H groups in total. The number of anilines is 1. The molecule has 0 fully saturated rings. The Hall–Kier alpha value is -2.95. The monoisotopic (exact) mass is 292 g/mol. The first-order chi connectivity index (χ1) is 10.6. The lowest BCUT2D eigenvalue weighted by Crippen LogP contribution is -2.14. The molecule has 5 heteroatoms. The van der Waals surface area contributed by atoms with Gasteiger partial charge in [0.2, 0.25) is 0 Å². The maximum Gasteiger partial charge on any atom is 0.260 e. The Balaban J connectivity index is 1.87. The average Bonchev–Trinajstić information content (AvgIpc) is 2.90. The van der Waals surface area contributed by atoms with Crippen LogP contribution in [-0.2, 0) is 0 Å². The average molecular weight is 292 g/mol. The number of para-hydroxylation sites is 1. The minimum Gasteiger partial charge on any atom is -0.306 e. The summed E-state index contributed by atoms with van der Waals surface area (Å²) < 4.78 is 1.75. The fourth-order valence-corrected chi connectivity index (χ4v) is 2.25. The summed E-state index contributed by atoms with van der Waals surface area (Å²) in [4.78, 5) is 16.5. The van der Waals surface area contributed by atoms with Gasteiger partial charge in [-0.2, -0.15) is 5.10 Å². The van der Waals surface area contributed by atoms with Crippen LogP contribution in [0.1, 0.15) is 21.6 Å². The highest BCUT2D eigenvalue weighted by molar-refractivity contribution is 6.04. The lowest BCUT2D eigenvalue weighted by atomic mass is 10.2. The summed E-state index contributed by atoms with van der Waals surface area (Å²) in [6, 6.07) is 13.4. The van der Waals surface area contributed by atoms with Crippen molar-refractivity contribution in [3.05, 3.63) is 71.7 Å². The van der Waals surface area contributed by atoms with Crippen molar-refractivity contribution in [2.45, 2.75) is 13.8 Å². The minimum atomic E-state index is -0.210. The normalized spacial score (nSPS) is 10.5. The van der Waals surface area contributed by atoms with E-state index in [4.69, 9.17) is 0 Å². The molecule has 0 bridgehead atoms. The molecule has 3 aromatic rings. The number of aromatic nitrogens is 3. The van der Waals surface area contributed by atoms with Crippen LogP contribution in [0.3, 0.4) is 0 Å². The number of nitrogens with zero attached hydrogens (tertiary/aromatic N) is 3. The van der Waals surface area contributed by atoms with E-state index in [-0.39, 0.29) is 5.91 Å². The fourth-order valence-electron chi connectivity index (χ4n) is 2.25. The number of carbonyl (C=O) groups is 1. The molecule has 0 radical (unpaired) electrons. The van der Waals surface area contributed by atoms with Crippen LogP contribution in [0.15, 0.2) is 54.9 Å². The number of hydrogen-bond acceptors (Lipinski definition) is 3. The van der Waals surface area contributed by atoms with E-state index in [1.54, 1.807) is 17.1 Å². The number of amides is 1. The smallest absolute Gasteiger partial charge is 0.260 e. The topological polar surface area (TPSA) is 59.8 Å². The molecule has 2 aromatic heterocycles. The Bertz CT molecular complexity index is 809. The van der Waals surface area contributed by atoms with Gasteiger partial charge in [-0.15, -0.1) is 0 Å². The van der Waals surface area contributed by atoms with Gasteiger partial charge in [-0.3, -0.25) is 4.79 Å². The van der Waals surface area contributed by atoms with Gasteiger partial charge in [0.15, 0.2) is 0 Å². The van der Waals surface area contributed by atoms with Crippen LogP contribution in [0.5, 0.6) is 0 Å². The summed E-state index contributed by atoms with van der Waals surface area (Å²) in [6.45, 7) is 3.83. The Kier molecular flexibility index (Phi) is 3.70. The Labute approximate surface area is 128 Å². The molecule has 5 nitrogen and oxygen atoms in total. The maximum atomic E-state index is 12.4. The first-order valence-electron chi connectivity index (χ1n) is 6.99. The molecule has 110 valence electrons.